The van der Waals surface area contributed by atoms with Gasteiger partial charge in [-0.05, 0) is 19.3 Å². The Morgan fingerprint density at radius 2 is 1.40 bits per heavy atom. The summed E-state index contributed by atoms with van der Waals surface area (Å²) in [4.78, 5) is 0. The van der Waals surface area contributed by atoms with Gasteiger partial charge in [0, 0.05) is 26.6 Å². The van der Waals surface area contributed by atoms with Crippen LogP contribution in [0.1, 0.15) is 65.7 Å². The van der Waals surface area contributed by atoms with Gasteiger partial charge in [-0.2, -0.15) is 0 Å². The van der Waals surface area contributed by atoms with Crippen LogP contribution in [-0.2, 0) is 9.47 Å². The van der Waals surface area contributed by atoms with Crippen LogP contribution in [0.4, 0.5) is 0 Å². The Hall–Kier alpha value is -0.0800. The molecular weight excluding hydrogens is 188 g/mol. The minimum atomic E-state index is -0.304. The van der Waals surface area contributed by atoms with Gasteiger partial charge in [-0.25, -0.2) is 0 Å². The predicted octanol–water partition coefficient (Wildman–Crippen LogP) is 4.14. The third-order valence-corrected chi connectivity index (χ3v) is 2.76. The van der Waals surface area contributed by atoms with E-state index in [1.54, 1.807) is 7.11 Å². The maximum atomic E-state index is 5.91. The summed E-state index contributed by atoms with van der Waals surface area (Å²) in [6.07, 6.45) is 7.88. The van der Waals surface area contributed by atoms with Gasteiger partial charge in [0.2, 0.25) is 0 Å². The first-order valence-electron chi connectivity index (χ1n) is 6.43. The molecule has 2 heteroatoms. The molecule has 0 bridgehead atoms. The van der Waals surface area contributed by atoms with E-state index in [4.69, 9.17) is 9.47 Å². The summed E-state index contributed by atoms with van der Waals surface area (Å²) in [5.74, 6) is -0.304. The van der Waals surface area contributed by atoms with Gasteiger partial charge in [-0.15, -0.1) is 0 Å². The number of methoxy groups -OCH3 is 1. The second-order valence-electron chi connectivity index (χ2n) is 4.17. The molecule has 0 saturated carbocycles. The smallest absolute Gasteiger partial charge is 0.167 e. The van der Waals surface area contributed by atoms with Crippen LogP contribution in [0.5, 0.6) is 0 Å². The van der Waals surface area contributed by atoms with Crippen molar-refractivity contribution in [3.05, 3.63) is 0 Å². The van der Waals surface area contributed by atoms with E-state index < -0.39 is 0 Å². The van der Waals surface area contributed by atoms with E-state index in [0.717, 1.165) is 25.9 Å². The third-order valence-electron chi connectivity index (χ3n) is 2.76. The molecule has 0 fully saturated rings. The summed E-state index contributed by atoms with van der Waals surface area (Å²) >= 11 is 0. The lowest BCUT2D eigenvalue weighted by molar-refractivity contribution is -0.231. The van der Waals surface area contributed by atoms with Crippen molar-refractivity contribution >= 4 is 0 Å². The number of unbranched alkanes of at least 4 members (excludes halogenated alkanes) is 2. The molecule has 15 heavy (non-hydrogen) atoms. The standard InChI is InChI=1S/C13H28O2/c1-5-8-10-13(14-4,11-9-6-2)15-12-7-3/h5-12H2,1-4H3. The van der Waals surface area contributed by atoms with E-state index in [-0.39, 0.29) is 5.79 Å². The largest absolute Gasteiger partial charge is 0.353 e. The fourth-order valence-electron chi connectivity index (χ4n) is 1.71. The molecule has 0 spiro atoms. The second kappa shape index (κ2) is 9.17. The topological polar surface area (TPSA) is 18.5 Å². The first kappa shape index (κ1) is 14.9. The summed E-state index contributed by atoms with van der Waals surface area (Å²) in [6, 6.07) is 0. The van der Waals surface area contributed by atoms with Crippen molar-refractivity contribution in [2.45, 2.75) is 71.5 Å². The number of rotatable bonds is 10. The van der Waals surface area contributed by atoms with E-state index in [1.807, 2.05) is 0 Å². The van der Waals surface area contributed by atoms with Crippen LogP contribution in [0.25, 0.3) is 0 Å². The van der Waals surface area contributed by atoms with Crippen molar-refractivity contribution in [1.29, 1.82) is 0 Å². The summed E-state index contributed by atoms with van der Waals surface area (Å²) in [7, 11) is 1.78. The summed E-state index contributed by atoms with van der Waals surface area (Å²) < 4.78 is 11.5. The highest BCUT2D eigenvalue weighted by atomic mass is 16.7. The first-order chi connectivity index (χ1) is 7.24. The van der Waals surface area contributed by atoms with Crippen LogP contribution in [0.3, 0.4) is 0 Å². The molecule has 0 unspecified atom stereocenters. The number of hydrogen-bond donors (Lipinski definition) is 0. The zero-order valence-electron chi connectivity index (χ0n) is 11.0. The fourth-order valence-corrected chi connectivity index (χ4v) is 1.71. The minimum Gasteiger partial charge on any atom is -0.353 e. The van der Waals surface area contributed by atoms with Crippen LogP contribution in [0.15, 0.2) is 0 Å². The molecule has 0 aliphatic heterocycles. The summed E-state index contributed by atoms with van der Waals surface area (Å²) in [5, 5.41) is 0. The van der Waals surface area contributed by atoms with Crippen molar-refractivity contribution in [3.63, 3.8) is 0 Å². The SMILES string of the molecule is CCCCC(CCCC)(OC)OCCC. The van der Waals surface area contributed by atoms with Gasteiger partial charge in [0.05, 0.1) is 0 Å². The quantitative estimate of drug-likeness (QED) is 0.511. The minimum absolute atomic E-state index is 0.304. The Kier molecular flexibility index (Phi) is 9.12. The van der Waals surface area contributed by atoms with Gasteiger partial charge in [-0.1, -0.05) is 33.6 Å². The lowest BCUT2D eigenvalue weighted by atomic mass is 10.0. The molecule has 2 nitrogen and oxygen atoms in total. The zero-order chi connectivity index (χ0) is 11.6. The second-order valence-corrected chi connectivity index (χ2v) is 4.17. The van der Waals surface area contributed by atoms with Gasteiger partial charge in [0.25, 0.3) is 0 Å². The highest BCUT2D eigenvalue weighted by molar-refractivity contribution is 4.69. The summed E-state index contributed by atoms with van der Waals surface area (Å²) in [5.41, 5.74) is 0. The van der Waals surface area contributed by atoms with Gasteiger partial charge >= 0.3 is 0 Å². The van der Waals surface area contributed by atoms with Crippen molar-refractivity contribution in [2.75, 3.05) is 13.7 Å². The molecule has 0 aromatic heterocycles. The molecule has 0 aromatic rings. The molecular formula is C13H28O2. The van der Waals surface area contributed by atoms with Crippen molar-refractivity contribution < 1.29 is 9.47 Å². The monoisotopic (exact) mass is 216 g/mol. The van der Waals surface area contributed by atoms with Gasteiger partial charge in [0.1, 0.15) is 0 Å². The van der Waals surface area contributed by atoms with Crippen LogP contribution in [0, 0.1) is 0 Å². The number of ether oxygens (including phenoxy) is 2. The lowest BCUT2D eigenvalue weighted by Crippen LogP contribution is -2.35. The normalized spacial score (nSPS) is 12.0. The molecule has 0 aliphatic rings. The molecule has 0 aliphatic carbocycles. The van der Waals surface area contributed by atoms with Gasteiger partial charge < -0.3 is 9.47 Å². The Balaban J connectivity index is 4.16. The van der Waals surface area contributed by atoms with E-state index in [1.165, 1.54) is 25.7 Å². The Morgan fingerprint density at radius 1 is 0.867 bits per heavy atom. The van der Waals surface area contributed by atoms with E-state index in [0.29, 0.717) is 0 Å². The third kappa shape index (κ3) is 6.16. The Labute approximate surface area is 95.3 Å². The van der Waals surface area contributed by atoms with Gasteiger partial charge in [0.15, 0.2) is 5.79 Å². The van der Waals surface area contributed by atoms with Crippen molar-refractivity contribution in [3.8, 4) is 0 Å². The average Bonchev–Trinajstić information content (AvgIpc) is 2.29. The highest BCUT2D eigenvalue weighted by Crippen LogP contribution is 2.26. The molecule has 0 heterocycles. The predicted molar refractivity (Wildman–Crippen MR) is 65.0 cm³/mol. The Morgan fingerprint density at radius 3 is 1.73 bits per heavy atom. The Bertz CT molecular complexity index is 113. The molecule has 0 radical (unpaired) electrons. The van der Waals surface area contributed by atoms with Crippen molar-refractivity contribution in [2.24, 2.45) is 0 Å². The van der Waals surface area contributed by atoms with Crippen molar-refractivity contribution in [1.82, 2.24) is 0 Å². The van der Waals surface area contributed by atoms with E-state index in [9.17, 15) is 0 Å². The molecule has 0 N–H and O–H groups in total. The maximum Gasteiger partial charge on any atom is 0.167 e. The van der Waals surface area contributed by atoms with Gasteiger partial charge in [-0.3, -0.25) is 0 Å². The van der Waals surface area contributed by atoms with Crippen LogP contribution >= 0.6 is 0 Å². The first-order valence-corrected chi connectivity index (χ1v) is 6.43. The zero-order valence-corrected chi connectivity index (χ0v) is 11.0. The van der Waals surface area contributed by atoms with E-state index >= 15 is 0 Å². The summed E-state index contributed by atoms with van der Waals surface area (Å²) in [6.45, 7) is 7.36. The van der Waals surface area contributed by atoms with Crippen LogP contribution in [0.2, 0.25) is 0 Å². The molecule has 0 rings (SSSR count). The van der Waals surface area contributed by atoms with E-state index in [2.05, 4.69) is 20.8 Å². The maximum absolute atomic E-state index is 5.91. The highest BCUT2D eigenvalue weighted by Gasteiger charge is 2.28. The number of hydrogen-bond acceptors (Lipinski definition) is 2. The lowest BCUT2D eigenvalue weighted by Gasteiger charge is -2.32. The van der Waals surface area contributed by atoms with Crippen LogP contribution in [-0.4, -0.2) is 19.5 Å². The molecule has 0 aromatic carbocycles. The molecule has 0 saturated heterocycles. The average molecular weight is 216 g/mol. The fraction of sp³-hybridized carbons (Fsp3) is 1.00. The molecule has 0 atom stereocenters. The van der Waals surface area contributed by atoms with Crippen LogP contribution < -0.4 is 0 Å². The molecule has 92 valence electrons. The molecule has 0 amide bonds.